The molecule has 0 spiro atoms. The van der Waals surface area contributed by atoms with E-state index < -0.39 is 0 Å². The molecule has 2 unspecified atom stereocenters. The van der Waals surface area contributed by atoms with Gasteiger partial charge in [0.25, 0.3) is 6.47 Å². The van der Waals surface area contributed by atoms with Gasteiger partial charge in [0.05, 0.1) is 15.6 Å². The Morgan fingerprint density at radius 2 is 1.87 bits per heavy atom. The van der Waals surface area contributed by atoms with E-state index in [4.69, 9.17) is 48.8 Å². The van der Waals surface area contributed by atoms with Crippen LogP contribution >= 0.6 is 34.8 Å². The number of ether oxygens (including phenoxy) is 2. The quantitative estimate of drug-likeness (QED) is 0.189. The van der Waals surface area contributed by atoms with Crippen molar-refractivity contribution < 1.29 is 18.8 Å². The monoisotopic (exact) mass is 568 g/mol. The Labute approximate surface area is 234 Å². The van der Waals surface area contributed by atoms with Crippen molar-refractivity contribution in [3.05, 3.63) is 92.2 Å². The Hall–Kier alpha value is -3.06. The summed E-state index contributed by atoms with van der Waals surface area (Å²) in [6.07, 6.45) is 4.68. The number of rotatable bonds is 9. The molecule has 38 heavy (non-hydrogen) atoms. The molecule has 2 aliphatic rings. The van der Waals surface area contributed by atoms with Gasteiger partial charge in [0, 0.05) is 34.2 Å². The molecule has 0 bridgehead atoms. The molecule has 2 aromatic heterocycles. The summed E-state index contributed by atoms with van der Waals surface area (Å²) >= 11 is 19.7. The molecule has 2 atom stereocenters. The number of aromatic nitrogens is 2. The topological polar surface area (TPSA) is 74.5 Å². The minimum Gasteiger partial charge on any atom is -0.489 e. The van der Waals surface area contributed by atoms with E-state index in [0.29, 0.717) is 44.5 Å². The molecule has 4 aromatic rings. The molecule has 0 aliphatic heterocycles. The highest BCUT2D eigenvalue weighted by Gasteiger charge is 2.52. The Bertz CT molecular complexity index is 1510. The number of carbonyl (C=O) groups excluding carboxylic acids is 1. The zero-order chi connectivity index (χ0) is 26.4. The summed E-state index contributed by atoms with van der Waals surface area (Å²) in [7, 11) is 0. The average molecular weight is 570 g/mol. The number of benzene rings is 2. The maximum absolute atomic E-state index is 10.7. The summed E-state index contributed by atoms with van der Waals surface area (Å²) in [6.45, 7) is 2.80. The molecule has 194 valence electrons. The fourth-order valence-corrected chi connectivity index (χ4v) is 5.98. The van der Waals surface area contributed by atoms with Gasteiger partial charge in [-0.25, -0.2) is 4.98 Å². The minimum absolute atomic E-state index is 0.124. The average Bonchev–Trinajstić information content (AvgIpc) is 3.82. The van der Waals surface area contributed by atoms with Crippen LogP contribution in [0, 0.1) is 0 Å². The molecule has 6 nitrogen and oxygen atoms in total. The smallest absolute Gasteiger partial charge is 0.299 e. The Morgan fingerprint density at radius 3 is 2.58 bits per heavy atom. The van der Waals surface area contributed by atoms with Crippen LogP contribution in [0.2, 0.25) is 15.1 Å². The van der Waals surface area contributed by atoms with Gasteiger partial charge in [0.15, 0.2) is 0 Å². The van der Waals surface area contributed by atoms with Gasteiger partial charge in [-0.15, -0.1) is 0 Å². The highest BCUT2D eigenvalue weighted by molar-refractivity contribution is 6.39. The molecule has 0 N–H and O–H groups in total. The summed E-state index contributed by atoms with van der Waals surface area (Å²) in [6, 6.07) is 14.9. The van der Waals surface area contributed by atoms with E-state index in [1.807, 2.05) is 24.3 Å². The van der Waals surface area contributed by atoms with Crippen molar-refractivity contribution in [2.45, 2.75) is 50.0 Å². The Balaban J connectivity index is 1.22. The van der Waals surface area contributed by atoms with Crippen molar-refractivity contribution in [3.63, 3.8) is 0 Å². The number of hydrogen-bond acceptors (Lipinski definition) is 6. The van der Waals surface area contributed by atoms with Crippen LogP contribution in [0.4, 0.5) is 0 Å². The molecule has 0 radical (unpaired) electrons. The summed E-state index contributed by atoms with van der Waals surface area (Å²) in [5.74, 6) is 2.31. The minimum atomic E-state index is -0.124. The fourth-order valence-electron chi connectivity index (χ4n) is 5.10. The third-order valence-corrected chi connectivity index (χ3v) is 8.45. The van der Waals surface area contributed by atoms with E-state index in [1.165, 1.54) is 0 Å². The van der Waals surface area contributed by atoms with Crippen molar-refractivity contribution in [1.82, 2.24) is 10.1 Å². The van der Waals surface area contributed by atoms with E-state index in [1.54, 1.807) is 30.5 Å². The molecule has 2 fully saturated rings. The standard InChI is InChI=1S/C29H23Cl3N2O4/c1-29(17-9-10-33-25(11-17)37-15-35)13-21(29)19-8-7-18(12-24(19)32)36-14-20-27(34-38-28(20)16-5-6-16)26-22(30)3-2-4-23(26)31/h2-4,7-12,15-16,21H,5-6,13-14H2,1H3. The van der Waals surface area contributed by atoms with Crippen molar-refractivity contribution in [2.75, 3.05) is 0 Å². The second-order valence-corrected chi connectivity index (χ2v) is 11.2. The lowest BCUT2D eigenvalue weighted by molar-refractivity contribution is -0.120. The highest BCUT2D eigenvalue weighted by Crippen LogP contribution is 2.61. The lowest BCUT2D eigenvalue weighted by Gasteiger charge is -2.15. The van der Waals surface area contributed by atoms with Crippen molar-refractivity contribution in [3.8, 4) is 22.9 Å². The normalized spacial score (nSPS) is 20.3. The van der Waals surface area contributed by atoms with Gasteiger partial charge in [-0.1, -0.05) is 59.0 Å². The summed E-state index contributed by atoms with van der Waals surface area (Å²) in [5, 5.41) is 5.98. The lowest BCUT2D eigenvalue weighted by Crippen LogP contribution is -2.05. The second-order valence-electron chi connectivity index (χ2n) is 9.99. The van der Waals surface area contributed by atoms with Gasteiger partial charge in [-0.2, -0.15) is 0 Å². The first-order valence-electron chi connectivity index (χ1n) is 12.3. The van der Waals surface area contributed by atoms with Gasteiger partial charge >= 0.3 is 0 Å². The number of nitrogens with zero attached hydrogens (tertiary/aromatic N) is 2. The summed E-state index contributed by atoms with van der Waals surface area (Å²) < 4.78 is 16.9. The van der Waals surface area contributed by atoms with Crippen LogP contribution < -0.4 is 9.47 Å². The molecule has 0 saturated heterocycles. The number of carbonyl (C=O) groups is 1. The van der Waals surface area contributed by atoms with Gasteiger partial charge in [0.1, 0.15) is 23.8 Å². The van der Waals surface area contributed by atoms with Gasteiger partial charge in [0.2, 0.25) is 5.88 Å². The molecule has 2 aliphatic carbocycles. The van der Waals surface area contributed by atoms with E-state index in [-0.39, 0.29) is 23.8 Å². The van der Waals surface area contributed by atoms with Crippen molar-refractivity contribution >= 4 is 41.3 Å². The van der Waals surface area contributed by atoms with Crippen LogP contribution in [-0.4, -0.2) is 16.6 Å². The predicted molar refractivity (Wildman–Crippen MR) is 145 cm³/mol. The van der Waals surface area contributed by atoms with Crippen molar-refractivity contribution in [2.24, 2.45) is 0 Å². The number of halogens is 3. The molecule has 6 rings (SSSR count). The van der Waals surface area contributed by atoms with E-state index in [9.17, 15) is 4.79 Å². The SMILES string of the molecule is CC1(c2ccnc(OC=O)c2)CC1c1ccc(OCc2c(-c3c(Cl)cccc3Cl)noc2C2CC2)cc1Cl. The number of pyridine rings is 1. The predicted octanol–water partition coefficient (Wildman–Crippen LogP) is 8.13. The first-order chi connectivity index (χ1) is 18.4. The van der Waals surface area contributed by atoms with Crippen molar-refractivity contribution in [1.29, 1.82) is 0 Å². The maximum Gasteiger partial charge on any atom is 0.299 e. The Morgan fingerprint density at radius 1 is 1.08 bits per heavy atom. The molecular formula is C29H23Cl3N2O4. The van der Waals surface area contributed by atoms with Crippen LogP contribution in [0.1, 0.15) is 60.5 Å². The molecule has 9 heteroatoms. The Kier molecular flexibility index (Phi) is 6.58. The van der Waals surface area contributed by atoms with Crippen LogP contribution in [0.15, 0.2) is 59.3 Å². The third-order valence-electron chi connectivity index (χ3n) is 7.50. The van der Waals surface area contributed by atoms with Crippen LogP contribution in [-0.2, 0) is 16.8 Å². The number of hydrogen-bond donors (Lipinski definition) is 0. The zero-order valence-electron chi connectivity index (χ0n) is 20.4. The van der Waals surface area contributed by atoms with Crippen LogP contribution in [0.25, 0.3) is 11.3 Å². The molecule has 2 saturated carbocycles. The highest BCUT2D eigenvalue weighted by atomic mass is 35.5. The first-order valence-corrected chi connectivity index (χ1v) is 13.4. The van der Waals surface area contributed by atoms with Crippen LogP contribution in [0.5, 0.6) is 11.6 Å². The van der Waals surface area contributed by atoms with E-state index in [2.05, 4.69) is 17.1 Å². The van der Waals surface area contributed by atoms with Crippen LogP contribution in [0.3, 0.4) is 0 Å². The lowest BCUT2D eigenvalue weighted by atomic mass is 9.93. The summed E-state index contributed by atoms with van der Waals surface area (Å²) in [4.78, 5) is 14.8. The second kappa shape index (κ2) is 9.92. The van der Waals surface area contributed by atoms with Gasteiger partial charge in [-0.05, 0) is 66.6 Å². The zero-order valence-corrected chi connectivity index (χ0v) is 22.7. The maximum atomic E-state index is 10.7. The van der Waals surface area contributed by atoms with Gasteiger partial charge in [-0.3, -0.25) is 4.79 Å². The third kappa shape index (κ3) is 4.66. The van der Waals surface area contributed by atoms with E-state index in [0.717, 1.165) is 41.7 Å². The first kappa shape index (κ1) is 25.2. The fraction of sp³-hybridized carbons (Fsp3) is 0.276. The largest absolute Gasteiger partial charge is 0.489 e. The molecule has 0 amide bonds. The summed E-state index contributed by atoms with van der Waals surface area (Å²) in [5.41, 5.74) is 4.07. The molecule has 2 heterocycles. The van der Waals surface area contributed by atoms with E-state index >= 15 is 0 Å². The molecular weight excluding hydrogens is 547 g/mol. The van der Waals surface area contributed by atoms with Gasteiger partial charge < -0.3 is 14.0 Å². The molecule has 2 aromatic carbocycles.